The predicted octanol–water partition coefficient (Wildman–Crippen LogP) is 5.27. The van der Waals surface area contributed by atoms with Crippen molar-refractivity contribution in [2.75, 3.05) is 5.32 Å². The lowest BCUT2D eigenvalue weighted by Gasteiger charge is -2.28. The van der Waals surface area contributed by atoms with Gasteiger partial charge in [-0.1, -0.05) is 49.6 Å². The highest BCUT2D eigenvalue weighted by molar-refractivity contribution is 5.96. The van der Waals surface area contributed by atoms with Gasteiger partial charge < -0.3 is 9.73 Å². The number of hydrogen-bond acceptors (Lipinski definition) is 4. The number of nitrogens with zero attached hydrogens (tertiary/aromatic N) is 2. The highest BCUT2D eigenvalue weighted by Gasteiger charge is 2.22. The minimum Gasteiger partial charge on any atom is -0.462 e. The van der Waals surface area contributed by atoms with Crippen molar-refractivity contribution in [2.45, 2.75) is 45.1 Å². The Kier molecular flexibility index (Phi) is 4.20. The van der Waals surface area contributed by atoms with Crippen molar-refractivity contribution >= 4 is 16.8 Å². The summed E-state index contributed by atoms with van der Waals surface area (Å²) in [6.07, 6.45) is 8.39. The first-order valence-corrected chi connectivity index (χ1v) is 8.89. The minimum atomic E-state index is 0.403. The molecule has 124 valence electrons. The van der Waals surface area contributed by atoms with Crippen molar-refractivity contribution in [3.05, 3.63) is 42.7 Å². The normalized spacial score (nSPS) is 17.0. The quantitative estimate of drug-likeness (QED) is 0.711. The Labute approximate surface area is 142 Å². The van der Waals surface area contributed by atoms with Crippen LogP contribution in [0.3, 0.4) is 0 Å². The third kappa shape index (κ3) is 2.88. The van der Waals surface area contributed by atoms with Gasteiger partial charge in [0.25, 0.3) is 0 Å². The second kappa shape index (κ2) is 6.63. The molecular formula is C20H23N3O. The van der Waals surface area contributed by atoms with Crippen LogP contribution in [0.5, 0.6) is 0 Å². The van der Waals surface area contributed by atoms with Gasteiger partial charge in [0.1, 0.15) is 5.69 Å². The van der Waals surface area contributed by atoms with E-state index in [-0.39, 0.29) is 0 Å². The molecule has 1 N–H and O–H groups in total. The van der Waals surface area contributed by atoms with E-state index in [1.54, 1.807) is 6.26 Å². The first-order valence-electron chi connectivity index (χ1n) is 8.89. The average Bonchev–Trinajstić information content (AvgIpc) is 3.13. The molecule has 3 aromatic rings. The van der Waals surface area contributed by atoms with Crippen LogP contribution in [-0.4, -0.2) is 16.2 Å². The van der Waals surface area contributed by atoms with Crippen molar-refractivity contribution in [2.24, 2.45) is 5.92 Å². The van der Waals surface area contributed by atoms with Crippen LogP contribution >= 0.6 is 0 Å². The molecule has 0 spiro atoms. The van der Waals surface area contributed by atoms with Crippen molar-refractivity contribution in [3.8, 4) is 11.3 Å². The van der Waals surface area contributed by atoms with Gasteiger partial charge >= 0.3 is 0 Å². The fourth-order valence-electron chi connectivity index (χ4n) is 3.74. The molecule has 1 saturated carbocycles. The fourth-order valence-corrected chi connectivity index (χ4v) is 3.74. The number of benzene rings is 1. The van der Waals surface area contributed by atoms with Gasteiger partial charge in [-0.3, -0.25) is 0 Å². The highest BCUT2D eigenvalue weighted by atomic mass is 16.3. The zero-order valence-corrected chi connectivity index (χ0v) is 14.0. The van der Waals surface area contributed by atoms with Gasteiger partial charge in [-0.05, 0) is 31.7 Å². The lowest BCUT2D eigenvalue weighted by atomic mass is 9.84. The first kappa shape index (κ1) is 15.2. The summed E-state index contributed by atoms with van der Waals surface area (Å²) in [4.78, 5) is 0. The molecule has 0 saturated heterocycles. The molecule has 4 nitrogen and oxygen atoms in total. The number of furan rings is 1. The smallest absolute Gasteiger partial charge is 0.165 e. The van der Waals surface area contributed by atoms with E-state index in [9.17, 15) is 0 Å². The van der Waals surface area contributed by atoms with Gasteiger partial charge in [0, 0.05) is 11.6 Å². The zero-order chi connectivity index (χ0) is 16.4. The predicted molar refractivity (Wildman–Crippen MR) is 96.9 cm³/mol. The number of rotatable bonds is 4. The zero-order valence-electron chi connectivity index (χ0n) is 14.0. The van der Waals surface area contributed by atoms with E-state index in [0.29, 0.717) is 6.04 Å². The van der Waals surface area contributed by atoms with Crippen LogP contribution in [0, 0.1) is 5.92 Å². The lowest BCUT2D eigenvalue weighted by Crippen LogP contribution is -2.28. The Bertz CT molecular complexity index is 806. The molecule has 24 heavy (non-hydrogen) atoms. The van der Waals surface area contributed by atoms with E-state index < -0.39 is 0 Å². The summed E-state index contributed by atoms with van der Waals surface area (Å²) in [7, 11) is 0. The van der Waals surface area contributed by atoms with Gasteiger partial charge in [0.05, 0.1) is 11.6 Å². The maximum Gasteiger partial charge on any atom is 0.165 e. The van der Waals surface area contributed by atoms with Crippen LogP contribution in [0.4, 0.5) is 5.82 Å². The first-order chi connectivity index (χ1) is 11.8. The number of nitrogens with one attached hydrogen (secondary N) is 1. The van der Waals surface area contributed by atoms with Gasteiger partial charge in [-0.15, -0.1) is 10.2 Å². The fraction of sp³-hybridized carbons (Fsp3) is 0.400. The monoisotopic (exact) mass is 321 g/mol. The Balaban J connectivity index is 1.64. The third-order valence-corrected chi connectivity index (χ3v) is 5.15. The molecule has 0 amide bonds. The Morgan fingerprint density at radius 3 is 2.62 bits per heavy atom. The summed E-state index contributed by atoms with van der Waals surface area (Å²) < 4.78 is 5.73. The third-order valence-electron chi connectivity index (χ3n) is 5.15. The molecule has 1 aliphatic carbocycles. The molecule has 0 aliphatic heterocycles. The summed E-state index contributed by atoms with van der Waals surface area (Å²) in [5, 5.41) is 13.5. The van der Waals surface area contributed by atoms with Gasteiger partial charge in [-0.2, -0.15) is 0 Å². The summed E-state index contributed by atoms with van der Waals surface area (Å²) in [6.45, 7) is 2.26. The number of anilines is 1. The molecule has 1 aromatic carbocycles. The molecule has 2 heterocycles. The van der Waals surface area contributed by atoms with Crippen molar-refractivity contribution in [1.82, 2.24) is 10.2 Å². The summed E-state index contributed by atoms with van der Waals surface area (Å²) in [6, 6.07) is 12.4. The maximum atomic E-state index is 5.73. The lowest BCUT2D eigenvalue weighted by molar-refractivity contribution is 0.328. The van der Waals surface area contributed by atoms with Crippen LogP contribution in [0.2, 0.25) is 0 Å². The van der Waals surface area contributed by atoms with E-state index in [1.165, 1.54) is 32.1 Å². The highest BCUT2D eigenvalue weighted by Crippen LogP contribution is 2.32. The second-order valence-electron chi connectivity index (χ2n) is 6.76. The van der Waals surface area contributed by atoms with E-state index in [1.807, 2.05) is 36.4 Å². The maximum absolute atomic E-state index is 5.73. The van der Waals surface area contributed by atoms with Crippen LogP contribution in [0.25, 0.3) is 22.2 Å². The van der Waals surface area contributed by atoms with Crippen molar-refractivity contribution < 1.29 is 4.42 Å². The van der Waals surface area contributed by atoms with Crippen LogP contribution < -0.4 is 5.32 Å². The minimum absolute atomic E-state index is 0.403. The molecule has 4 heteroatoms. The summed E-state index contributed by atoms with van der Waals surface area (Å²) >= 11 is 0. The Morgan fingerprint density at radius 1 is 1.04 bits per heavy atom. The second-order valence-corrected chi connectivity index (χ2v) is 6.76. The Hall–Kier alpha value is -2.36. The molecule has 4 rings (SSSR count). The van der Waals surface area contributed by atoms with Crippen molar-refractivity contribution in [3.63, 3.8) is 0 Å². The van der Waals surface area contributed by atoms with E-state index in [0.717, 1.165) is 34.0 Å². The number of fused-ring (bicyclic) bond motifs is 1. The number of hydrogen-bond donors (Lipinski definition) is 1. The molecule has 1 fully saturated rings. The van der Waals surface area contributed by atoms with Gasteiger partial charge in [0.15, 0.2) is 11.4 Å². The van der Waals surface area contributed by atoms with Crippen LogP contribution in [0.15, 0.2) is 47.1 Å². The largest absolute Gasteiger partial charge is 0.462 e. The van der Waals surface area contributed by atoms with Crippen LogP contribution in [-0.2, 0) is 0 Å². The molecule has 0 unspecified atom stereocenters. The molecule has 0 bridgehead atoms. The average molecular weight is 321 g/mol. The molecule has 0 radical (unpaired) electrons. The van der Waals surface area contributed by atoms with E-state index in [4.69, 9.17) is 4.42 Å². The summed E-state index contributed by atoms with van der Waals surface area (Å²) in [5.41, 5.74) is 2.62. The van der Waals surface area contributed by atoms with Crippen molar-refractivity contribution in [1.29, 1.82) is 0 Å². The topological polar surface area (TPSA) is 51.0 Å². The van der Waals surface area contributed by atoms with Gasteiger partial charge in [0.2, 0.25) is 0 Å². The molecule has 1 aliphatic rings. The Morgan fingerprint density at radius 2 is 1.83 bits per heavy atom. The summed E-state index contributed by atoms with van der Waals surface area (Å²) in [5.74, 6) is 1.55. The van der Waals surface area contributed by atoms with E-state index in [2.05, 4.69) is 22.4 Å². The standard InChI is InChI=1S/C20H23N3O/c1-14(15-8-4-2-5-9-15)21-20-17-12-13-24-19(17)18(22-23-20)16-10-6-3-7-11-16/h3,6-7,10-15H,2,4-5,8-9H2,1H3,(H,21,23)/t14-/m1/s1. The number of aromatic nitrogens is 2. The molecular weight excluding hydrogens is 298 g/mol. The SMILES string of the molecule is C[C@@H](Nc1nnc(-c2ccccc2)c2occc12)C1CCCCC1. The molecule has 2 aromatic heterocycles. The van der Waals surface area contributed by atoms with E-state index >= 15 is 0 Å². The van der Waals surface area contributed by atoms with Crippen LogP contribution in [0.1, 0.15) is 39.0 Å². The molecule has 1 atom stereocenters. The van der Waals surface area contributed by atoms with Gasteiger partial charge in [-0.25, -0.2) is 0 Å².